The molecule has 14 heavy (non-hydrogen) atoms. The van der Waals surface area contributed by atoms with Crippen molar-refractivity contribution in [3.63, 3.8) is 0 Å². The van der Waals surface area contributed by atoms with Gasteiger partial charge in [-0.1, -0.05) is 30.3 Å². The average molecular weight is 185 g/mol. The summed E-state index contributed by atoms with van der Waals surface area (Å²) in [6.45, 7) is 0. The number of carbonyl (C=O) groups excluding carboxylic acids is 1. The molecule has 1 aromatic heterocycles. The molecule has 0 N–H and O–H groups in total. The molecule has 0 spiro atoms. The van der Waals surface area contributed by atoms with Crippen molar-refractivity contribution in [3.8, 4) is 11.3 Å². The Balaban J connectivity index is 2.47. The average Bonchev–Trinajstić information content (AvgIpc) is 2.30. The number of rotatable bonds is 2. The fourth-order valence-corrected chi connectivity index (χ4v) is 1.12. The molecule has 0 fully saturated rings. The van der Waals surface area contributed by atoms with Crippen molar-refractivity contribution in [2.75, 3.05) is 0 Å². The first-order chi connectivity index (χ1) is 6.90. The van der Waals surface area contributed by atoms with Crippen LogP contribution in [0.2, 0.25) is 0 Å². The second-order valence-corrected chi connectivity index (χ2v) is 2.68. The molecule has 4 nitrogen and oxygen atoms in total. The van der Waals surface area contributed by atoms with Gasteiger partial charge in [-0.15, -0.1) is 5.10 Å². The third-order valence-electron chi connectivity index (χ3n) is 1.75. The molecule has 68 valence electrons. The van der Waals surface area contributed by atoms with E-state index in [4.69, 9.17) is 0 Å². The molecule has 0 saturated heterocycles. The maximum Gasteiger partial charge on any atom is 0.215 e. The summed E-state index contributed by atoms with van der Waals surface area (Å²) >= 11 is 0. The van der Waals surface area contributed by atoms with Gasteiger partial charge in [0.2, 0.25) is 5.82 Å². The van der Waals surface area contributed by atoms with E-state index in [0.717, 1.165) is 5.56 Å². The van der Waals surface area contributed by atoms with Crippen LogP contribution in [-0.2, 0) is 0 Å². The highest BCUT2D eigenvalue weighted by Crippen LogP contribution is 2.13. The Bertz CT molecular complexity index is 442. The van der Waals surface area contributed by atoms with E-state index in [-0.39, 0.29) is 5.82 Å². The maximum atomic E-state index is 10.4. The van der Waals surface area contributed by atoms with Crippen molar-refractivity contribution in [2.45, 2.75) is 0 Å². The first-order valence-electron chi connectivity index (χ1n) is 4.10. The summed E-state index contributed by atoms with van der Waals surface area (Å²) in [4.78, 5) is 14.4. The van der Waals surface area contributed by atoms with Crippen LogP contribution in [0.5, 0.6) is 0 Å². The lowest BCUT2D eigenvalue weighted by atomic mass is 10.2. The molecule has 0 aliphatic rings. The summed E-state index contributed by atoms with van der Waals surface area (Å²) in [7, 11) is 0. The van der Waals surface area contributed by atoms with Crippen LogP contribution in [0.15, 0.2) is 36.5 Å². The van der Waals surface area contributed by atoms with Gasteiger partial charge in [0.25, 0.3) is 0 Å². The van der Waals surface area contributed by atoms with E-state index in [1.165, 1.54) is 6.20 Å². The van der Waals surface area contributed by atoms with Gasteiger partial charge in [-0.2, -0.15) is 5.10 Å². The zero-order chi connectivity index (χ0) is 9.80. The van der Waals surface area contributed by atoms with E-state index in [1.807, 2.05) is 30.3 Å². The van der Waals surface area contributed by atoms with Crippen molar-refractivity contribution in [3.05, 3.63) is 42.4 Å². The number of hydrogen-bond acceptors (Lipinski definition) is 4. The summed E-state index contributed by atoms with van der Waals surface area (Å²) < 4.78 is 0. The molecule has 4 heteroatoms. The van der Waals surface area contributed by atoms with Gasteiger partial charge in [-0.05, 0) is 0 Å². The maximum absolute atomic E-state index is 10.4. The molecule has 0 amide bonds. The smallest absolute Gasteiger partial charge is 0.215 e. The Hall–Kier alpha value is -2.10. The number of hydrogen-bond donors (Lipinski definition) is 0. The van der Waals surface area contributed by atoms with Crippen molar-refractivity contribution < 1.29 is 4.79 Å². The zero-order valence-corrected chi connectivity index (χ0v) is 7.29. The lowest BCUT2D eigenvalue weighted by Crippen LogP contribution is -1.96. The van der Waals surface area contributed by atoms with Crippen molar-refractivity contribution in [1.29, 1.82) is 0 Å². The molecular weight excluding hydrogens is 178 g/mol. The van der Waals surface area contributed by atoms with Crippen LogP contribution in [0, 0.1) is 0 Å². The fourth-order valence-electron chi connectivity index (χ4n) is 1.12. The molecule has 0 bridgehead atoms. The summed E-state index contributed by atoms with van der Waals surface area (Å²) in [5.41, 5.74) is 1.58. The highest BCUT2D eigenvalue weighted by Gasteiger charge is 2.00. The van der Waals surface area contributed by atoms with E-state index in [9.17, 15) is 4.79 Å². The molecule has 0 radical (unpaired) electrons. The minimum Gasteiger partial charge on any atom is -0.294 e. The summed E-state index contributed by atoms with van der Waals surface area (Å²) in [6.07, 6.45) is 2.11. The van der Waals surface area contributed by atoms with Gasteiger partial charge in [-0.3, -0.25) is 4.79 Å². The Morgan fingerprint density at radius 1 is 1.14 bits per heavy atom. The zero-order valence-electron chi connectivity index (χ0n) is 7.29. The minimum atomic E-state index is 0.103. The minimum absolute atomic E-state index is 0.103. The van der Waals surface area contributed by atoms with Crippen molar-refractivity contribution >= 4 is 6.29 Å². The lowest BCUT2D eigenvalue weighted by Gasteiger charge is -1.98. The van der Waals surface area contributed by atoms with Gasteiger partial charge in [0.1, 0.15) is 0 Å². The quantitative estimate of drug-likeness (QED) is 0.662. The Labute approximate surface area is 80.6 Å². The lowest BCUT2D eigenvalue weighted by molar-refractivity contribution is 0.111. The number of benzene rings is 1. The van der Waals surface area contributed by atoms with Crippen LogP contribution >= 0.6 is 0 Å². The number of aromatic nitrogens is 3. The fraction of sp³-hybridized carbons (Fsp3) is 0. The highest BCUT2D eigenvalue weighted by atomic mass is 16.1. The second kappa shape index (κ2) is 3.74. The third kappa shape index (κ3) is 1.64. The first-order valence-corrected chi connectivity index (χ1v) is 4.10. The van der Waals surface area contributed by atoms with Gasteiger partial charge in [0.05, 0.1) is 11.9 Å². The molecule has 2 rings (SSSR count). The van der Waals surface area contributed by atoms with E-state index in [0.29, 0.717) is 12.0 Å². The Kier molecular flexibility index (Phi) is 2.27. The summed E-state index contributed by atoms with van der Waals surface area (Å²) in [6, 6.07) is 9.52. The van der Waals surface area contributed by atoms with Gasteiger partial charge in [0, 0.05) is 5.56 Å². The number of carbonyl (C=O) groups is 1. The monoisotopic (exact) mass is 185 g/mol. The van der Waals surface area contributed by atoms with Crippen LogP contribution in [0.3, 0.4) is 0 Å². The van der Waals surface area contributed by atoms with Crippen LogP contribution in [0.4, 0.5) is 0 Å². The van der Waals surface area contributed by atoms with E-state index < -0.39 is 0 Å². The molecular formula is C10H7N3O. The molecule has 0 aliphatic carbocycles. The van der Waals surface area contributed by atoms with Gasteiger partial charge < -0.3 is 0 Å². The molecule has 0 aliphatic heterocycles. The van der Waals surface area contributed by atoms with Crippen LogP contribution in [-0.4, -0.2) is 21.5 Å². The first kappa shape index (κ1) is 8.50. The SMILES string of the molecule is O=Cc1nncc(-c2ccccc2)n1. The summed E-state index contributed by atoms with van der Waals surface area (Å²) in [5, 5.41) is 7.24. The van der Waals surface area contributed by atoms with E-state index in [2.05, 4.69) is 15.2 Å². The van der Waals surface area contributed by atoms with Crippen LogP contribution < -0.4 is 0 Å². The highest BCUT2D eigenvalue weighted by molar-refractivity contribution is 5.70. The van der Waals surface area contributed by atoms with Crippen molar-refractivity contribution in [1.82, 2.24) is 15.2 Å². The van der Waals surface area contributed by atoms with Crippen molar-refractivity contribution in [2.24, 2.45) is 0 Å². The number of nitrogens with zero attached hydrogens (tertiary/aromatic N) is 3. The molecule has 0 saturated carbocycles. The van der Waals surface area contributed by atoms with E-state index >= 15 is 0 Å². The Morgan fingerprint density at radius 3 is 2.64 bits per heavy atom. The van der Waals surface area contributed by atoms with Crippen LogP contribution in [0.25, 0.3) is 11.3 Å². The molecule has 0 atom stereocenters. The van der Waals surface area contributed by atoms with Crippen LogP contribution in [0.1, 0.15) is 10.6 Å². The molecule has 2 aromatic rings. The third-order valence-corrected chi connectivity index (χ3v) is 1.75. The van der Waals surface area contributed by atoms with Gasteiger partial charge >= 0.3 is 0 Å². The predicted octanol–water partition coefficient (Wildman–Crippen LogP) is 1.35. The summed E-state index contributed by atoms with van der Waals surface area (Å²) in [5.74, 6) is 0.103. The number of aldehydes is 1. The topological polar surface area (TPSA) is 55.7 Å². The largest absolute Gasteiger partial charge is 0.294 e. The second-order valence-electron chi connectivity index (χ2n) is 2.68. The predicted molar refractivity (Wildman–Crippen MR) is 50.7 cm³/mol. The molecule has 1 aromatic carbocycles. The van der Waals surface area contributed by atoms with Gasteiger partial charge in [0.15, 0.2) is 6.29 Å². The van der Waals surface area contributed by atoms with E-state index in [1.54, 1.807) is 0 Å². The molecule has 1 heterocycles. The standard InChI is InChI=1S/C10H7N3O/c14-7-10-12-9(6-11-13-10)8-4-2-1-3-5-8/h1-7H. The molecule has 0 unspecified atom stereocenters. The normalized spacial score (nSPS) is 9.71. The Morgan fingerprint density at radius 2 is 1.93 bits per heavy atom. The van der Waals surface area contributed by atoms with Gasteiger partial charge in [-0.25, -0.2) is 4.98 Å².